The van der Waals surface area contributed by atoms with Crippen molar-refractivity contribution < 1.29 is 23.8 Å². The van der Waals surface area contributed by atoms with Gasteiger partial charge in [-0.1, -0.05) is 23.1 Å². The minimum atomic E-state index is -0.398. The number of fused-ring (bicyclic) bond motifs is 1. The Morgan fingerprint density at radius 2 is 2.16 bits per heavy atom. The monoisotopic (exact) mass is 381 g/mol. The number of aromatic nitrogens is 2. The molecular formula is C15H15N3O5S2. The lowest BCUT2D eigenvalue weighted by molar-refractivity contribution is -0.142. The molecule has 0 spiro atoms. The van der Waals surface area contributed by atoms with Crippen molar-refractivity contribution in [2.24, 2.45) is 0 Å². The van der Waals surface area contributed by atoms with Gasteiger partial charge in [-0.2, -0.15) is 0 Å². The molecule has 1 atom stereocenters. The van der Waals surface area contributed by atoms with Gasteiger partial charge in [0.2, 0.25) is 11.9 Å². The molecule has 0 fully saturated rings. The van der Waals surface area contributed by atoms with E-state index in [1.807, 2.05) is 0 Å². The zero-order chi connectivity index (χ0) is 17.8. The number of carbonyl (C=O) groups is 2. The van der Waals surface area contributed by atoms with E-state index in [0.717, 1.165) is 0 Å². The molecule has 0 aliphatic carbocycles. The Hall–Kier alpha value is -2.33. The quantitative estimate of drug-likeness (QED) is 0.463. The Balaban J connectivity index is 1.61. The molecule has 1 aliphatic heterocycles. The molecule has 0 saturated heterocycles. The fourth-order valence-corrected chi connectivity index (χ4v) is 3.86. The van der Waals surface area contributed by atoms with Gasteiger partial charge in [0.25, 0.3) is 5.91 Å². The maximum atomic E-state index is 12.3. The zero-order valence-electron chi connectivity index (χ0n) is 13.5. The normalized spacial score (nSPS) is 13.4. The van der Waals surface area contributed by atoms with Gasteiger partial charge in [0.15, 0.2) is 15.8 Å². The van der Waals surface area contributed by atoms with Gasteiger partial charge in [-0.05, 0) is 32.0 Å². The van der Waals surface area contributed by atoms with Crippen molar-refractivity contribution >= 4 is 40.1 Å². The average Bonchev–Trinajstić information content (AvgIpc) is 3.23. The number of amides is 1. The lowest BCUT2D eigenvalue weighted by Gasteiger charge is -2.06. The smallest absolute Gasteiger partial charge is 0.319 e. The second-order valence-corrected chi connectivity index (χ2v) is 7.47. The van der Waals surface area contributed by atoms with Crippen LogP contribution in [-0.2, 0) is 9.53 Å². The number of nitrogens with zero attached hydrogens (tertiary/aromatic N) is 2. The highest BCUT2D eigenvalue weighted by Crippen LogP contribution is 2.33. The summed E-state index contributed by atoms with van der Waals surface area (Å²) in [6.45, 7) is 3.96. The van der Waals surface area contributed by atoms with Gasteiger partial charge >= 0.3 is 5.97 Å². The van der Waals surface area contributed by atoms with Crippen LogP contribution in [0.15, 0.2) is 22.5 Å². The van der Waals surface area contributed by atoms with Crippen molar-refractivity contribution in [2.45, 2.75) is 23.4 Å². The summed E-state index contributed by atoms with van der Waals surface area (Å²) in [5.41, 5.74) is 0.425. The Labute approximate surface area is 151 Å². The summed E-state index contributed by atoms with van der Waals surface area (Å²) < 4.78 is 16.0. The summed E-state index contributed by atoms with van der Waals surface area (Å²) in [5, 5.41) is 10.5. The van der Waals surface area contributed by atoms with Gasteiger partial charge in [-0.25, -0.2) is 0 Å². The number of carbonyl (C=O) groups excluding carboxylic acids is 2. The van der Waals surface area contributed by atoms with E-state index in [1.165, 1.54) is 23.1 Å². The maximum absolute atomic E-state index is 12.3. The van der Waals surface area contributed by atoms with E-state index < -0.39 is 5.25 Å². The van der Waals surface area contributed by atoms with Gasteiger partial charge in [0.1, 0.15) is 5.25 Å². The number of rotatable bonds is 6. The van der Waals surface area contributed by atoms with Crippen LogP contribution < -0.4 is 14.8 Å². The number of anilines is 1. The fourth-order valence-electron chi connectivity index (χ4n) is 1.97. The van der Waals surface area contributed by atoms with Crippen LogP contribution in [0.1, 0.15) is 24.2 Å². The van der Waals surface area contributed by atoms with Crippen molar-refractivity contribution in [3.63, 3.8) is 0 Å². The molecular weight excluding hydrogens is 366 g/mol. The van der Waals surface area contributed by atoms with Gasteiger partial charge in [0.05, 0.1) is 6.61 Å². The first-order valence-electron chi connectivity index (χ1n) is 7.44. The molecule has 2 heterocycles. The summed E-state index contributed by atoms with van der Waals surface area (Å²) in [7, 11) is 0. The molecule has 25 heavy (non-hydrogen) atoms. The number of nitrogens with one attached hydrogen (secondary N) is 1. The van der Waals surface area contributed by atoms with E-state index in [2.05, 4.69) is 15.5 Å². The highest BCUT2D eigenvalue weighted by Gasteiger charge is 2.20. The van der Waals surface area contributed by atoms with Crippen LogP contribution in [0.2, 0.25) is 0 Å². The Kier molecular flexibility index (Phi) is 5.39. The average molecular weight is 381 g/mol. The summed E-state index contributed by atoms with van der Waals surface area (Å²) in [6, 6.07) is 4.93. The largest absolute Gasteiger partial charge is 0.465 e. The van der Waals surface area contributed by atoms with Crippen LogP contribution in [0.5, 0.6) is 11.5 Å². The van der Waals surface area contributed by atoms with Crippen LogP contribution in [0.3, 0.4) is 0 Å². The fraction of sp³-hybridized carbons (Fsp3) is 0.333. The molecule has 1 aliphatic rings. The molecule has 2 aromatic rings. The third-order valence-electron chi connectivity index (χ3n) is 3.16. The molecule has 0 radical (unpaired) electrons. The molecule has 3 rings (SSSR count). The first-order valence-corrected chi connectivity index (χ1v) is 9.14. The molecule has 0 bridgehead atoms. The molecule has 10 heteroatoms. The number of esters is 1. The Morgan fingerprint density at radius 3 is 2.96 bits per heavy atom. The van der Waals surface area contributed by atoms with Crippen molar-refractivity contribution in [1.82, 2.24) is 10.2 Å². The van der Waals surface area contributed by atoms with Gasteiger partial charge in [-0.3, -0.25) is 14.9 Å². The first-order chi connectivity index (χ1) is 12.1. The molecule has 1 aromatic heterocycles. The SMILES string of the molecule is CCOC(=O)[C@@H](C)Sc1nnc(NC(=O)c2ccc3c(c2)OCO3)s1. The highest BCUT2D eigenvalue weighted by molar-refractivity contribution is 8.02. The maximum Gasteiger partial charge on any atom is 0.319 e. The molecule has 132 valence electrons. The van der Waals surface area contributed by atoms with Crippen LogP contribution in [0.25, 0.3) is 0 Å². The van der Waals surface area contributed by atoms with Gasteiger partial charge in [0, 0.05) is 5.56 Å². The standard InChI is InChI=1S/C15H15N3O5S2/c1-3-21-13(20)8(2)24-15-18-17-14(25-15)16-12(19)9-4-5-10-11(6-9)23-7-22-10/h4-6,8H,3,7H2,1-2H3,(H,16,17,19)/t8-/m1/s1. The summed E-state index contributed by atoms with van der Waals surface area (Å²) in [4.78, 5) is 23.9. The van der Waals surface area contributed by atoms with Crippen LogP contribution in [0.4, 0.5) is 5.13 Å². The van der Waals surface area contributed by atoms with Crippen LogP contribution in [0, 0.1) is 0 Å². The molecule has 1 amide bonds. The van der Waals surface area contributed by atoms with Crippen molar-refractivity contribution in [1.29, 1.82) is 0 Å². The van der Waals surface area contributed by atoms with E-state index in [9.17, 15) is 9.59 Å². The second kappa shape index (κ2) is 7.70. The predicted octanol–water partition coefficient (Wildman–Crippen LogP) is 2.56. The van der Waals surface area contributed by atoms with Crippen molar-refractivity contribution in [3.05, 3.63) is 23.8 Å². The third kappa shape index (κ3) is 4.20. The molecule has 1 aromatic carbocycles. The summed E-state index contributed by atoms with van der Waals surface area (Å²) in [6.07, 6.45) is 0. The van der Waals surface area contributed by atoms with E-state index in [4.69, 9.17) is 14.2 Å². The summed E-state index contributed by atoms with van der Waals surface area (Å²) >= 11 is 2.42. The number of ether oxygens (including phenoxy) is 3. The van der Waals surface area contributed by atoms with Crippen molar-refractivity contribution in [2.75, 3.05) is 18.7 Å². The van der Waals surface area contributed by atoms with Crippen LogP contribution in [-0.4, -0.2) is 40.7 Å². The topological polar surface area (TPSA) is 99.6 Å². The number of benzene rings is 1. The Bertz CT molecular complexity index is 795. The highest BCUT2D eigenvalue weighted by atomic mass is 32.2. The molecule has 0 saturated carbocycles. The van der Waals surface area contributed by atoms with E-state index in [0.29, 0.717) is 33.1 Å². The van der Waals surface area contributed by atoms with E-state index in [-0.39, 0.29) is 18.7 Å². The molecule has 1 N–H and O–H groups in total. The van der Waals surface area contributed by atoms with Gasteiger partial charge in [-0.15, -0.1) is 10.2 Å². The summed E-state index contributed by atoms with van der Waals surface area (Å²) in [5.74, 6) is 0.501. The molecule has 8 nitrogen and oxygen atoms in total. The molecule has 0 unspecified atom stereocenters. The lowest BCUT2D eigenvalue weighted by atomic mass is 10.2. The lowest BCUT2D eigenvalue weighted by Crippen LogP contribution is -2.16. The minimum Gasteiger partial charge on any atom is -0.465 e. The van der Waals surface area contributed by atoms with Crippen molar-refractivity contribution in [3.8, 4) is 11.5 Å². The third-order valence-corrected chi connectivity index (χ3v) is 5.16. The van der Waals surface area contributed by atoms with E-state index >= 15 is 0 Å². The number of hydrogen-bond donors (Lipinski definition) is 1. The minimum absolute atomic E-state index is 0.149. The van der Waals surface area contributed by atoms with Crippen LogP contribution >= 0.6 is 23.1 Å². The second-order valence-electron chi connectivity index (χ2n) is 4.91. The Morgan fingerprint density at radius 1 is 1.36 bits per heavy atom. The predicted molar refractivity (Wildman–Crippen MR) is 92.4 cm³/mol. The number of hydrogen-bond acceptors (Lipinski definition) is 9. The van der Waals surface area contributed by atoms with Gasteiger partial charge < -0.3 is 14.2 Å². The zero-order valence-corrected chi connectivity index (χ0v) is 15.1. The number of thioether (sulfide) groups is 1. The first kappa shape index (κ1) is 17.5. The van der Waals surface area contributed by atoms with E-state index in [1.54, 1.807) is 32.0 Å².